The summed E-state index contributed by atoms with van der Waals surface area (Å²) >= 11 is 0. The van der Waals surface area contributed by atoms with E-state index in [2.05, 4.69) is 11.4 Å². The van der Waals surface area contributed by atoms with Crippen LogP contribution in [0.2, 0.25) is 0 Å². The number of ether oxygens (including phenoxy) is 1. The Kier molecular flexibility index (Phi) is 8.67. The SMILES string of the molecule is C[C@H](c1cc(C(F)(F)F)cc(C(F)(F)F)c1)N1C(=O)[C@H]2CC1CN2C[C@H](NC(=O)OC(C)(C)C)C(=O)N1CCC[C@H]1C#N. The molecular weight excluding hydrogens is 584 g/mol. The zero-order valence-corrected chi connectivity index (χ0v) is 24.1. The summed E-state index contributed by atoms with van der Waals surface area (Å²) in [4.78, 5) is 43.9. The Labute approximate surface area is 244 Å². The van der Waals surface area contributed by atoms with Gasteiger partial charge >= 0.3 is 18.4 Å². The van der Waals surface area contributed by atoms with Crippen molar-refractivity contribution in [3.8, 4) is 6.07 Å². The van der Waals surface area contributed by atoms with Crippen molar-refractivity contribution in [1.29, 1.82) is 5.26 Å². The van der Waals surface area contributed by atoms with Crippen LogP contribution in [0.3, 0.4) is 0 Å². The van der Waals surface area contributed by atoms with Crippen molar-refractivity contribution in [3.63, 3.8) is 0 Å². The van der Waals surface area contributed by atoms with Gasteiger partial charge in [0.1, 0.15) is 17.7 Å². The molecule has 0 saturated carbocycles. The molecule has 0 aromatic heterocycles. The van der Waals surface area contributed by atoms with Crippen molar-refractivity contribution in [2.45, 2.75) is 95.1 Å². The number of halogens is 6. The summed E-state index contributed by atoms with van der Waals surface area (Å²) in [6.07, 6.45) is -9.59. The minimum absolute atomic E-state index is 0.0436. The fraction of sp³-hybridized carbons (Fsp3) is 0.643. The van der Waals surface area contributed by atoms with Gasteiger partial charge in [0, 0.05) is 25.7 Å². The molecule has 0 aliphatic carbocycles. The number of nitrogens with one attached hydrogen (secondary N) is 1. The smallest absolute Gasteiger partial charge is 0.416 e. The van der Waals surface area contributed by atoms with E-state index >= 15 is 0 Å². The summed E-state index contributed by atoms with van der Waals surface area (Å²) in [5, 5.41) is 12.0. The van der Waals surface area contributed by atoms with E-state index in [-0.39, 0.29) is 31.1 Å². The number of nitriles is 1. The summed E-state index contributed by atoms with van der Waals surface area (Å²) in [5.74, 6) is -1.02. The van der Waals surface area contributed by atoms with Crippen LogP contribution in [0.1, 0.15) is 69.7 Å². The Hall–Kier alpha value is -3.54. The summed E-state index contributed by atoms with van der Waals surface area (Å²) in [7, 11) is 0. The first-order valence-electron chi connectivity index (χ1n) is 13.9. The molecule has 3 heterocycles. The van der Waals surface area contributed by atoms with Crippen LogP contribution in [0.25, 0.3) is 0 Å². The zero-order valence-electron chi connectivity index (χ0n) is 24.1. The van der Waals surface area contributed by atoms with Gasteiger partial charge < -0.3 is 19.9 Å². The van der Waals surface area contributed by atoms with Crippen LogP contribution in [0.15, 0.2) is 18.2 Å². The van der Waals surface area contributed by atoms with E-state index in [1.165, 1.54) is 16.7 Å². The molecule has 1 aromatic carbocycles. The Morgan fingerprint density at radius 1 is 1.09 bits per heavy atom. The normalized spacial score (nSPS) is 24.2. The van der Waals surface area contributed by atoms with Crippen molar-refractivity contribution < 1.29 is 45.5 Å². The topological polar surface area (TPSA) is 106 Å². The number of rotatable bonds is 6. The number of likely N-dealkylation sites (tertiary alicyclic amines) is 3. The van der Waals surface area contributed by atoms with Gasteiger partial charge in [-0.2, -0.15) is 31.6 Å². The molecule has 1 N–H and O–H groups in total. The van der Waals surface area contributed by atoms with Gasteiger partial charge in [0.2, 0.25) is 11.8 Å². The monoisotopic (exact) mass is 617 g/mol. The predicted octanol–water partition coefficient (Wildman–Crippen LogP) is 4.48. The minimum Gasteiger partial charge on any atom is -0.444 e. The van der Waals surface area contributed by atoms with E-state index in [1.54, 1.807) is 25.7 Å². The molecule has 0 radical (unpaired) electrons. The van der Waals surface area contributed by atoms with E-state index in [4.69, 9.17) is 4.74 Å². The molecule has 3 fully saturated rings. The number of hydrogen-bond acceptors (Lipinski definition) is 6. The second-order valence-corrected chi connectivity index (χ2v) is 12.1. The molecule has 236 valence electrons. The lowest BCUT2D eigenvalue weighted by molar-refractivity contribution is -0.143. The van der Waals surface area contributed by atoms with Gasteiger partial charge in [0.25, 0.3) is 0 Å². The standard InChI is InChI=1S/C28H33F6N5O4/c1-15(16-8-17(27(29,30)31)10-18(9-16)28(32,33)34)39-20-11-22(24(39)41)37(13-20)14-21(36-25(42)43-26(2,3)4)23(40)38-7-5-6-19(38)12-35/h8-10,15,19-22H,5-7,11,13-14H2,1-4H3,(H,36,42)/t15-,19+,20?,21+,22-/m1/s1. The van der Waals surface area contributed by atoms with Gasteiger partial charge in [0.15, 0.2) is 0 Å². The van der Waals surface area contributed by atoms with Gasteiger partial charge in [0.05, 0.1) is 29.3 Å². The fourth-order valence-corrected chi connectivity index (χ4v) is 6.01. The van der Waals surface area contributed by atoms with Crippen molar-refractivity contribution in [1.82, 2.24) is 20.0 Å². The molecule has 5 atom stereocenters. The Bertz CT molecular complexity index is 1270. The quantitative estimate of drug-likeness (QED) is 0.472. The predicted molar refractivity (Wildman–Crippen MR) is 139 cm³/mol. The third-order valence-corrected chi connectivity index (χ3v) is 7.92. The number of benzene rings is 1. The highest BCUT2D eigenvalue weighted by Crippen LogP contribution is 2.42. The molecule has 3 aliphatic rings. The lowest BCUT2D eigenvalue weighted by atomic mass is 9.98. The molecule has 3 saturated heterocycles. The Balaban J connectivity index is 1.54. The van der Waals surface area contributed by atoms with Gasteiger partial charge in [-0.05, 0) is 70.7 Å². The minimum atomic E-state index is -5.02. The van der Waals surface area contributed by atoms with Gasteiger partial charge in [-0.15, -0.1) is 0 Å². The van der Waals surface area contributed by atoms with Crippen LogP contribution >= 0.6 is 0 Å². The first kappa shape index (κ1) is 32.4. The average Bonchev–Trinajstić information content (AvgIpc) is 3.59. The first-order valence-corrected chi connectivity index (χ1v) is 13.9. The highest BCUT2D eigenvalue weighted by atomic mass is 19.4. The molecule has 0 spiro atoms. The molecule has 15 heteroatoms. The van der Waals surface area contributed by atoms with Crippen molar-refractivity contribution >= 4 is 17.9 Å². The molecule has 1 aromatic rings. The maximum absolute atomic E-state index is 13.5. The maximum atomic E-state index is 13.5. The summed E-state index contributed by atoms with van der Waals surface area (Å²) in [5.41, 5.74) is -4.09. The number of carbonyl (C=O) groups excluding carboxylic acids is 3. The number of alkyl halides is 6. The number of nitrogens with zero attached hydrogens (tertiary/aromatic N) is 4. The average molecular weight is 618 g/mol. The van der Waals surface area contributed by atoms with Crippen LogP contribution in [-0.4, -0.2) is 82.0 Å². The summed E-state index contributed by atoms with van der Waals surface area (Å²) in [6.45, 7) is 6.69. The van der Waals surface area contributed by atoms with Gasteiger partial charge in [-0.3, -0.25) is 14.5 Å². The zero-order chi connectivity index (χ0) is 32.1. The van der Waals surface area contributed by atoms with Crippen LogP contribution in [-0.2, 0) is 26.7 Å². The van der Waals surface area contributed by atoms with Crippen molar-refractivity contribution in [2.24, 2.45) is 0 Å². The van der Waals surface area contributed by atoms with Crippen LogP contribution in [0.5, 0.6) is 0 Å². The van der Waals surface area contributed by atoms with E-state index in [0.717, 1.165) is 0 Å². The fourth-order valence-electron chi connectivity index (χ4n) is 6.01. The van der Waals surface area contributed by atoms with E-state index in [9.17, 15) is 46.0 Å². The number of amides is 3. The molecule has 9 nitrogen and oxygen atoms in total. The van der Waals surface area contributed by atoms with Crippen molar-refractivity contribution in [3.05, 3.63) is 34.9 Å². The van der Waals surface area contributed by atoms with Crippen molar-refractivity contribution in [2.75, 3.05) is 19.6 Å². The molecule has 4 rings (SSSR count). The van der Waals surface area contributed by atoms with Crippen LogP contribution < -0.4 is 5.32 Å². The maximum Gasteiger partial charge on any atom is 0.416 e. The second-order valence-electron chi connectivity index (χ2n) is 12.1. The lowest BCUT2D eigenvalue weighted by Gasteiger charge is -2.39. The van der Waals surface area contributed by atoms with Crippen LogP contribution in [0, 0.1) is 11.3 Å². The number of piperazine rings is 1. The second kappa shape index (κ2) is 11.5. The third-order valence-electron chi connectivity index (χ3n) is 7.92. The highest BCUT2D eigenvalue weighted by molar-refractivity contribution is 5.88. The number of carbonyl (C=O) groups is 3. The first-order chi connectivity index (χ1) is 19.8. The molecule has 43 heavy (non-hydrogen) atoms. The molecular formula is C28H33F6N5O4. The largest absolute Gasteiger partial charge is 0.444 e. The van der Waals surface area contributed by atoms with E-state index in [0.29, 0.717) is 31.5 Å². The molecule has 2 bridgehead atoms. The van der Waals surface area contributed by atoms with E-state index < -0.39 is 77.2 Å². The lowest BCUT2D eigenvalue weighted by Crippen LogP contribution is -2.59. The van der Waals surface area contributed by atoms with Gasteiger partial charge in [-0.1, -0.05) is 0 Å². The third kappa shape index (κ3) is 7.00. The van der Waals surface area contributed by atoms with Gasteiger partial charge in [-0.25, -0.2) is 4.79 Å². The van der Waals surface area contributed by atoms with E-state index in [1.807, 2.05) is 0 Å². The summed E-state index contributed by atoms with van der Waals surface area (Å²) in [6, 6.07) is -0.915. The molecule has 3 aliphatic heterocycles. The number of alkyl carbamates (subject to hydrolysis) is 1. The highest BCUT2D eigenvalue weighted by Gasteiger charge is 2.52. The Morgan fingerprint density at radius 2 is 1.70 bits per heavy atom. The number of hydrogen-bond donors (Lipinski definition) is 1. The Morgan fingerprint density at radius 3 is 2.21 bits per heavy atom. The number of fused-ring (bicyclic) bond motifs is 2. The molecule has 1 unspecified atom stereocenters. The molecule has 3 amide bonds. The summed E-state index contributed by atoms with van der Waals surface area (Å²) < 4.78 is 85.9. The van der Waals surface area contributed by atoms with Crippen LogP contribution in [0.4, 0.5) is 31.1 Å².